The molecule has 29 heavy (non-hydrogen) atoms. The van der Waals surface area contributed by atoms with Crippen LogP contribution in [0.4, 0.5) is 0 Å². The third-order valence-electron chi connectivity index (χ3n) is 4.24. The van der Waals surface area contributed by atoms with E-state index >= 15 is 0 Å². The van der Waals surface area contributed by atoms with E-state index in [1.807, 2.05) is 36.4 Å². The first-order chi connectivity index (χ1) is 14.2. The lowest BCUT2D eigenvalue weighted by atomic mass is 10.2. The molecule has 0 bridgehead atoms. The zero-order chi connectivity index (χ0) is 20.5. The quantitative estimate of drug-likeness (QED) is 0.482. The summed E-state index contributed by atoms with van der Waals surface area (Å²) in [7, 11) is 0. The van der Waals surface area contributed by atoms with Crippen LogP contribution in [-0.2, 0) is 0 Å². The van der Waals surface area contributed by atoms with Crippen molar-refractivity contribution in [2.24, 2.45) is 0 Å². The maximum Gasteiger partial charge on any atom is 0.269 e. The number of pyridine rings is 1. The van der Waals surface area contributed by atoms with Gasteiger partial charge in [-0.2, -0.15) is 5.26 Å². The van der Waals surface area contributed by atoms with E-state index in [2.05, 4.69) is 15.6 Å². The number of carbonyl (C=O) groups is 1. The molecule has 0 saturated heterocycles. The number of nitrogens with zero attached hydrogens (tertiary/aromatic N) is 2. The lowest BCUT2D eigenvalue weighted by Gasteiger charge is -2.14. The van der Waals surface area contributed by atoms with Crippen LogP contribution in [0.15, 0.2) is 60.7 Å². The molecule has 0 saturated carbocycles. The van der Waals surface area contributed by atoms with Gasteiger partial charge in [-0.15, -0.1) is 0 Å². The van der Waals surface area contributed by atoms with Crippen molar-refractivity contribution >= 4 is 16.8 Å². The molecule has 7 heteroatoms. The highest BCUT2D eigenvalue weighted by molar-refractivity contribution is 5.94. The molecule has 1 aromatic heterocycles. The number of aliphatic hydroxyl groups is 1. The summed E-state index contributed by atoms with van der Waals surface area (Å²) in [6, 6.07) is 20.1. The predicted octanol–water partition coefficient (Wildman–Crippen LogP) is 1.87. The summed E-state index contributed by atoms with van der Waals surface area (Å²) >= 11 is 0. The van der Waals surface area contributed by atoms with Crippen molar-refractivity contribution in [1.82, 2.24) is 15.6 Å². The van der Waals surface area contributed by atoms with Gasteiger partial charge in [0.25, 0.3) is 5.91 Å². The van der Waals surface area contributed by atoms with Crippen LogP contribution in [0.3, 0.4) is 0 Å². The number of hydrogen-bond acceptors (Lipinski definition) is 6. The molecule has 1 unspecified atom stereocenters. The molecular formula is C22H22N4O3. The van der Waals surface area contributed by atoms with Gasteiger partial charge in [-0.3, -0.25) is 4.79 Å². The van der Waals surface area contributed by atoms with Gasteiger partial charge in [0.2, 0.25) is 0 Å². The van der Waals surface area contributed by atoms with Gasteiger partial charge in [0.15, 0.2) is 0 Å². The van der Waals surface area contributed by atoms with Crippen LogP contribution < -0.4 is 15.4 Å². The number of aliphatic hydroxyl groups excluding tert-OH is 1. The first kappa shape index (κ1) is 20.3. The van der Waals surface area contributed by atoms with E-state index in [1.165, 1.54) is 0 Å². The van der Waals surface area contributed by atoms with Crippen molar-refractivity contribution in [1.29, 1.82) is 5.26 Å². The molecule has 1 atom stereocenters. The second-order valence-corrected chi connectivity index (χ2v) is 6.42. The molecule has 0 fully saturated rings. The number of benzene rings is 2. The predicted molar refractivity (Wildman–Crippen MR) is 110 cm³/mol. The minimum absolute atomic E-state index is 0.0685. The number of nitrogens with one attached hydrogen (secondary N) is 2. The van der Waals surface area contributed by atoms with Crippen LogP contribution in [0.2, 0.25) is 0 Å². The highest BCUT2D eigenvalue weighted by atomic mass is 16.5. The van der Waals surface area contributed by atoms with Gasteiger partial charge in [0.05, 0.1) is 11.1 Å². The number of para-hydroxylation sites is 2. The first-order valence-corrected chi connectivity index (χ1v) is 9.32. The van der Waals surface area contributed by atoms with E-state index < -0.39 is 6.10 Å². The zero-order valence-corrected chi connectivity index (χ0v) is 15.8. The molecule has 1 amide bonds. The Balaban J connectivity index is 1.35. The molecule has 0 spiro atoms. The molecular weight excluding hydrogens is 368 g/mol. The second kappa shape index (κ2) is 10.2. The number of ether oxygens (including phenoxy) is 1. The van der Waals surface area contributed by atoms with E-state index in [0.717, 1.165) is 10.9 Å². The third kappa shape index (κ3) is 5.75. The topological polar surface area (TPSA) is 107 Å². The van der Waals surface area contributed by atoms with Crippen LogP contribution in [-0.4, -0.2) is 48.3 Å². The molecule has 0 radical (unpaired) electrons. The second-order valence-electron chi connectivity index (χ2n) is 6.42. The summed E-state index contributed by atoms with van der Waals surface area (Å²) in [6.07, 6.45) is -0.736. The van der Waals surface area contributed by atoms with Gasteiger partial charge >= 0.3 is 0 Å². The SMILES string of the molecule is N#Cc1ccccc1OCC(O)CNCCNC(=O)c1ccc2ccccc2n1. The highest BCUT2D eigenvalue weighted by Gasteiger charge is 2.09. The Labute approximate surface area is 169 Å². The zero-order valence-electron chi connectivity index (χ0n) is 15.8. The summed E-state index contributed by atoms with van der Waals surface area (Å²) in [6.45, 7) is 1.27. The van der Waals surface area contributed by atoms with E-state index in [1.54, 1.807) is 30.3 Å². The van der Waals surface area contributed by atoms with E-state index in [-0.39, 0.29) is 12.5 Å². The number of carbonyl (C=O) groups excluding carboxylic acids is 1. The lowest BCUT2D eigenvalue weighted by Crippen LogP contribution is -2.37. The minimum Gasteiger partial charge on any atom is -0.489 e. The number of rotatable bonds is 9. The Morgan fingerprint density at radius 2 is 1.90 bits per heavy atom. The van der Waals surface area contributed by atoms with E-state index in [9.17, 15) is 9.90 Å². The average Bonchev–Trinajstić information content (AvgIpc) is 2.77. The molecule has 7 nitrogen and oxygen atoms in total. The largest absolute Gasteiger partial charge is 0.489 e. The maximum absolute atomic E-state index is 12.2. The van der Waals surface area contributed by atoms with Crippen LogP contribution in [0.25, 0.3) is 10.9 Å². The fourth-order valence-corrected chi connectivity index (χ4v) is 2.75. The minimum atomic E-state index is -0.736. The van der Waals surface area contributed by atoms with Crippen LogP contribution >= 0.6 is 0 Å². The van der Waals surface area contributed by atoms with Crippen molar-refractivity contribution < 1.29 is 14.6 Å². The Kier molecular flexibility index (Phi) is 7.11. The third-order valence-corrected chi connectivity index (χ3v) is 4.24. The molecule has 2 aromatic carbocycles. The van der Waals surface area contributed by atoms with Crippen molar-refractivity contribution in [3.63, 3.8) is 0 Å². The molecule has 3 aromatic rings. The smallest absolute Gasteiger partial charge is 0.269 e. The number of fused-ring (bicyclic) bond motifs is 1. The van der Waals surface area contributed by atoms with Gasteiger partial charge in [0, 0.05) is 25.0 Å². The first-order valence-electron chi connectivity index (χ1n) is 9.32. The number of aromatic nitrogens is 1. The van der Waals surface area contributed by atoms with Crippen LogP contribution in [0.1, 0.15) is 16.1 Å². The molecule has 0 aliphatic heterocycles. The van der Waals surface area contributed by atoms with Crippen molar-refractivity contribution in [3.05, 3.63) is 71.9 Å². The fourth-order valence-electron chi connectivity index (χ4n) is 2.75. The molecule has 3 N–H and O–H groups in total. The van der Waals surface area contributed by atoms with Gasteiger partial charge in [-0.1, -0.05) is 36.4 Å². The van der Waals surface area contributed by atoms with Crippen LogP contribution in [0, 0.1) is 11.3 Å². The molecule has 0 aliphatic carbocycles. The van der Waals surface area contributed by atoms with Crippen LogP contribution in [0.5, 0.6) is 5.75 Å². The summed E-state index contributed by atoms with van der Waals surface area (Å²) in [5.41, 5.74) is 1.57. The van der Waals surface area contributed by atoms with Gasteiger partial charge in [0.1, 0.15) is 30.2 Å². The molecule has 3 rings (SSSR count). The van der Waals surface area contributed by atoms with Gasteiger partial charge < -0.3 is 20.5 Å². The van der Waals surface area contributed by atoms with Crippen molar-refractivity contribution in [2.75, 3.05) is 26.2 Å². The Morgan fingerprint density at radius 1 is 1.10 bits per heavy atom. The average molecular weight is 390 g/mol. The summed E-state index contributed by atoms with van der Waals surface area (Å²) < 4.78 is 5.49. The Morgan fingerprint density at radius 3 is 2.76 bits per heavy atom. The Bertz CT molecular complexity index is 1020. The summed E-state index contributed by atoms with van der Waals surface area (Å²) in [5.74, 6) is 0.207. The number of hydrogen-bond donors (Lipinski definition) is 3. The van der Waals surface area contributed by atoms with Crippen molar-refractivity contribution in [3.8, 4) is 11.8 Å². The standard InChI is InChI=1S/C22H22N4O3/c23-13-17-6-2-4-8-21(17)29-15-18(27)14-24-11-12-25-22(28)20-10-9-16-5-1-3-7-19(16)26-20/h1-10,18,24,27H,11-12,14-15H2,(H,25,28). The maximum atomic E-state index is 12.2. The van der Waals surface area contributed by atoms with Crippen molar-refractivity contribution in [2.45, 2.75) is 6.10 Å². The van der Waals surface area contributed by atoms with E-state index in [4.69, 9.17) is 10.00 Å². The number of amides is 1. The fraction of sp³-hybridized carbons (Fsp3) is 0.227. The van der Waals surface area contributed by atoms with Gasteiger partial charge in [-0.25, -0.2) is 4.98 Å². The molecule has 148 valence electrons. The van der Waals surface area contributed by atoms with Gasteiger partial charge in [-0.05, 0) is 24.3 Å². The van der Waals surface area contributed by atoms with E-state index in [0.29, 0.717) is 36.6 Å². The molecule has 1 heterocycles. The number of nitriles is 1. The lowest BCUT2D eigenvalue weighted by molar-refractivity contribution is 0.0945. The monoisotopic (exact) mass is 390 g/mol. The molecule has 0 aliphatic rings. The normalized spacial score (nSPS) is 11.6. The summed E-state index contributed by atoms with van der Waals surface area (Å²) in [5, 5.41) is 25.9. The highest BCUT2D eigenvalue weighted by Crippen LogP contribution is 2.16. The summed E-state index contributed by atoms with van der Waals surface area (Å²) in [4.78, 5) is 16.6. The Hall–Kier alpha value is -3.47.